The summed E-state index contributed by atoms with van der Waals surface area (Å²) in [5.74, 6) is 4.49. The molecule has 2 aromatic rings. The lowest BCUT2D eigenvalue weighted by Gasteiger charge is -2.24. The molecule has 8 heteroatoms. The van der Waals surface area contributed by atoms with Gasteiger partial charge in [-0.2, -0.15) is 0 Å². The van der Waals surface area contributed by atoms with Gasteiger partial charge in [0.25, 0.3) is 15.9 Å². The molecule has 0 atom stereocenters. The second kappa shape index (κ2) is 7.21. The number of carbonyl (C=O) groups excluding carboxylic acids is 1. The highest BCUT2D eigenvalue weighted by Gasteiger charge is 2.27. The van der Waals surface area contributed by atoms with Crippen LogP contribution in [-0.2, 0) is 14.8 Å². The van der Waals surface area contributed by atoms with Crippen LogP contribution in [0.25, 0.3) is 0 Å². The Balaban J connectivity index is 2.54. The molecule has 2 rings (SSSR count). The fraction of sp³-hybridized carbons (Fsp3) is 0.188. The molecule has 0 saturated carbocycles. The minimum absolute atomic E-state index is 0.0884. The quantitative estimate of drug-likeness (QED) is 0.481. The lowest BCUT2D eigenvalue weighted by Crippen LogP contribution is -2.43. The minimum Gasteiger partial charge on any atom is -0.293 e. The molecule has 24 heavy (non-hydrogen) atoms. The molecule has 3 N–H and O–H groups in total. The summed E-state index contributed by atoms with van der Waals surface area (Å²) in [4.78, 5) is 11.8. The number of nitrogens with zero attached hydrogens (tertiary/aromatic N) is 1. The van der Waals surface area contributed by atoms with E-state index in [1.165, 1.54) is 12.1 Å². The topological polar surface area (TPSA) is 92.5 Å². The van der Waals surface area contributed by atoms with Crippen LogP contribution in [0.2, 0.25) is 5.02 Å². The van der Waals surface area contributed by atoms with E-state index < -0.39 is 22.5 Å². The van der Waals surface area contributed by atoms with Crippen molar-refractivity contribution in [2.24, 2.45) is 5.84 Å². The van der Waals surface area contributed by atoms with Crippen LogP contribution in [0.15, 0.2) is 47.4 Å². The second-order valence-corrected chi connectivity index (χ2v) is 7.60. The largest absolute Gasteiger partial charge is 0.293 e. The smallest absolute Gasteiger partial charge is 0.264 e. The Bertz CT molecular complexity index is 851. The van der Waals surface area contributed by atoms with Gasteiger partial charge in [0.2, 0.25) is 0 Å². The van der Waals surface area contributed by atoms with Crippen molar-refractivity contribution in [3.05, 3.63) is 58.6 Å². The van der Waals surface area contributed by atoms with E-state index in [0.717, 1.165) is 9.87 Å². The van der Waals surface area contributed by atoms with Crippen molar-refractivity contribution in [3.63, 3.8) is 0 Å². The number of carbonyl (C=O) groups is 1. The van der Waals surface area contributed by atoms with Gasteiger partial charge < -0.3 is 0 Å². The molecule has 2 aromatic carbocycles. The van der Waals surface area contributed by atoms with Crippen LogP contribution in [0.4, 0.5) is 5.69 Å². The van der Waals surface area contributed by atoms with Gasteiger partial charge in [-0.25, -0.2) is 14.3 Å². The molecular weight excluding hydrogens is 350 g/mol. The van der Waals surface area contributed by atoms with Crippen LogP contribution >= 0.6 is 11.6 Å². The Morgan fingerprint density at radius 1 is 1.17 bits per heavy atom. The number of hydrazine groups is 1. The molecule has 0 spiro atoms. The van der Waals surface area contributed by atoms with Gasteiger partial charge in [-0.05, 0) is 49.7 Å². The average molecular weight is 368 g/mol. The van der Waals surface area contributed by atoms with Crippen LogP contribution in [-0.4, -0.2) is 20.9 Å². The zero-order valence-corrected chi connectivity index (χ0v) is 14.9. The number of nitrogens with one attached hydrogen (secondary N) is 1. The van der Waals surface area contributed by atoms with Crippen molar-refractivity contribution in [1.29, 1.82) is 0 Å². The van der Waals surface area contributed by atoms with Crippen LogP contribution < -0.4 is 15.6 Å². The zero-order valence-electron chi connectivity index (χ0n) is 13.3. The molecule has 0 aliphatic carbocycles. The molecule has 0 fully saturated rings. The molecule has 6 nitrogen and oxygen atoms in total. The maximum Gasteiger partial charge on any atom is 0.264 e. The third-order valence-corrected chi connectivity index (χ3v) is 5.70. The van der Waals surface area contributed by atoms with E-state index in [0.29, 0.717) is 16.3 Å². The standard InChI is InChI=1S/C16H18ClN3O3S/c1-11-3-6-14(7-4-11)24(22,23)20(10-16(21)19-18)13-5-8-15(17)12(2)9-13/h3-9H,10,18H2,1-2H3,(H,19,21). The summed E-state index contributed by atoms with van der Waals surface area (Å²) in [7, 11) is -3.93. The number of aryl methyl sites for hydroxylation is 2. The summed E-state index contributed by atoms with van der Waals surface area (Å²) in [6.45, 7) is 3.18. The number of halogens is 1. The summed E-state index contributed by atoms with van der Waals surface area (Å²) in [5, 5.41) is 0.509. The fourth-order valence-electron chi connectivity index (χ4n) is 2.11. The summed E-state index contributed by atoms with van der Waals surface area (Å²) in [5.41, 5.74) is 3.92. The summed E-state index contributed by atoms with van der Waals surface area (Å²) in [6, 6.07) is 11.1. The van der Waals surface area contributed by atoms with Crippen LogP contribution in [0, 0.1) is 13.8 Å². The lowest BCUT2D eigenvalue weighted by molar-refractivity contribution is -0.119. The SMILES string of the molecule is Cc1ccc(S(=O)(=O)N(CC(=O)NN)c2ccc(Cl)c(C)c2)cc1. The predicted octanol–water partition coefficient (Wildman–Crippen LogP) is 2.14. The number of hydrogen-bond acceptors (Lipinski definition) is 4. The molecule has 0 aliphatic heterocycles. The van der Waals surface area contributed by atoms with Crippen molar-refractivity contribution < 1.29 is 13.2 Å². The van der Waals surface area contributed by atoms with Crippen LogP contribution in [0.3, 0.4) is 0 Å². The zero-order chi connectivity index (χ0) is 17.9. The van der Waals surface area contributed by atoms with E-state index in [-0.39, 0.29) is 4.90 Å². The highest BCUT2D eigenvalue weighted by molar-refractivity contribution is 7.92. The second-order valence-electron chi connectivity index (χ2n) is 5.33. The average Bonchev–Trinajstić information content (AvgIpc) is 2.55. The third kappa shape index (κ3) is 3.87. The van der Waals surface area contributed by atoms with Gasteiger partial charge in [0.05, 0.1) is 10.6 Å². The number of rotatable bonds is 5. The monoisotopic (exact) mass is 367 g/mol. The summed E-state index contributed by atoms with van der Waals surface area (Å²) >= 11 is 6.00. The van der Waals surface area contributed by atoms with Gasteiger partial charge in [0, 0.05) is 5.02 Å². The Morgan fingerprint density at radius 2 is 1.79 bits per heavy atom. The number of amides is 1. The van der Waals surface area contributed by atoms with E-state index in [9.17, 15) is 13.2 Å². The Hall–Kier alpha value is -2.09. The van der Waals surface area contributed by atoms with Gasteiger partial charge in [-0.15, -0.1) is 0 Å². The van der Waals surface area contributed by atoms with E-state index in [4.69, 9.17) is 17.4 Å². The summed E-state index contributed by atoms with van der Waals surface area (Å²) < 4.78 is 26.9. The molecule has 1 amide bonds. The molecule has 128 valence electrons. The lowest BCUT2D eigenvalue weighted by atomic mass is 10.2. The third-order valence-electron chi connectivity index (χ3n) is 3.49. The molecule has 0 saturated heterocycles. The Labute approximate surface area is 146 Å². The van der Waals surface area contributed by atoms with Gasteiger partial charge in [-0.1, -0.05) is 29.3 Å². The maximum atomic E-state index is 13.0. The van der Waals surface area contributed by atoms with Crippen molar-refractivity contribution in [2.45, 2.75) is 18.7 Å². The number of nitrogens with two attached hydrogens (primary N) is 1. The van der Waals surface area contributed by atoms with Crippen LogP contribution in [0.5, 0.6) is 0 Å². The van der Waals surface area contributed by atoms with Crippen molar-refractivity contribution in [1.82, 2.24) is 5.43 Å². The first-order valence-electron chi connectivity index (χ1n) is 7.10. The summed E-state index contributed by atoms with van der Waals surface area (Å²) in [6.07, 6.45) is 0. The van der Waals surface area contributed by atoms with Crippen molar-refractivity contribution in [3.8, 4) is 0 Å². The first-order chi connectivity index (χ1) is 11.3. The van der Waals surface area contributed by atoms with Gasteiger partial charge in [0.1, 0.15) is 6.54 Å². The fourth-order valence-corrected chi connectivity index (χ4v) is 3.64. The number of hydrogen-bond donors (Lipinski definition) is 2. The van der Waals surface area contributed by atoms with Crippen molar-refractivity contribution in [2.75, 3.05) is 10.8 Å². The molecule has 0 aliphatic rings. The van der Waals surface area contributed by atoms with E-state index >= 15 is 0 Å². The van der Waals surface area contributed by atoms with E-state index in [1.807, 2.05) is 12.3 Å². The maximum absolute atomic E-state index is 13.0. The predicted molar refractivity (Wildman–Crippen MR) is 94.2 cm³/mol. The molecule has 0 heterocycles. The number of anilines is 1. The van der Waals surface area contributed by atoms with Gasteiger partial charge >= 0.3 is 0 Å². The van der Waals surface area contributed by atoms with E-state index in [1.54, 1.807) is 37.3 Å². The number of sulfonamides is 1. The van der Waals surface area contributed by atoms with Gasteiger partial charge in [-0.3, -0.25) is 14.5 Å². The Kier molecular flexibility index (Phi) is 5.48. The normalized spacial score (nSPS) is 11.2. The highest BCUT2D eigenvalue weighted by Crippen LogP contribution is 2.27. The molecule has 0 unspecified atom stereocenters. The highest BCUT2D eigenvalue weighted by atomic mass is 35.5. The molecule has 0 radical (unpaired) electrons. The molecule has 0 bridgehead atoms. The van der Waals surface area contributed by atoms with Gasteiger partial charge in [0.15, 0.2) is 0 Å². The van der Waals surface area contributed by atoms with Crippen LogP contribution in [0.1, 0.15) is 11.1 Å². The van der Waals surface area contributed by atoms with E-state index in [2.05, 4.69) is 0 Å². The molecule has 0 aromatic heterocycles. The minimum atomic E-state index is -3.93. The first-order valence-corrected chi connectivity index (χ1v) is 8.92. The Morgan fingerprint density at radius 3 is 2.33 bits per heavy atom. The number of benzene rings is 2. The van der Waals surface area contributed by atoms with Crippen molar-refractivity contribution >= 4 is 33.2 Å². The first kappa shape index (κ1) is 18.3. The molecular formula is C16H18ClN3O3S.